The molecule has 0 bridgehead atoms. The van der Waals surface area contributed by atoms with E-state index in [0.29, 0.717) is 0 Å². The number of nitrogens with two attached hydrogens (primary N) is 1. The average molecular weight is 230 g/mol. The summed E-state index contributed by atoms with van der Waals surface area (Å²) in [4.78, 5) is 0. The molecule has 0 aliphatic carbocycles. The van der Waals surface area contributed by atoms with Gasteiger partial charge >= 0.3 is 0 Å². The summed E-state index contributed by atoms with van der Waals surface area (Å²) in [6.07, 6.45) is 1.83. The molecular weight excluding hydrogens is 212 g/mol. The zero-order valence-electron chi connectivity index (χ0n) is 10.6. The van der Waals surface area contributed by atoms with Gasteiger partial charge in [-0.25, -0.2) is 0 Å². The topological polar surface area (TPSA) is 56.7 Å². The molecule has 2 rings (SSSR count). The fourth-order valence-electron chi connectivity index (χ4n) is 1.77. The Morgan fingerprint density at radius 1 is 1.18 bits per heavy atom. The summed E-state index contributed by atoms with van der Waals surface area (Å²) in [5.74, 6) is 1.96. The number of hydrogen-bond acceptors (Lipinski definition) is 3. The van der Waals surface area contributed by atoms with Crippen molar-refractivity contribution in [2.75, 3.05) is 5.73 Å². The Balaban J connectivity index is 2.07. The van der Waals surface area contributed by atoms with Crippen molar-refractivity contribution in [3.05, 3.63) is 41.0 Å². The van der Waals surface area contributed by atoms with Gasteiger partial charge in [-0.15, -0.1) is 10.2 Å². The lowest BCUT2D eigenvalue weighted by Crippen LogP contribution is -2.02. The number of hydrogen-bond donors (Lipinski definition) is 1. The van der Waals surface area contributed by atoms with Gasteiger partial charge in [0.05, 0.1) is 0 Å². The molecule has 2 N–H and O–H groups in total. The number of aromatic nitrogens is 3. The van der Waals surface area contributed by atoms with Crippen LogP contribution in [0.1, 0.15) is 22.8 Å². The van der Waals surface area contributed by atoms with Crippen LogP contribution in [0.25, 0.3) is 0 Å². The van der Waals surface area contributed by atoms with Gasteiger partial charge in [0, 0.05) is 19.2 Å². The Hall–Kier alpha value is -1.84. The number of nitrogens with zero attached hydrogens (tertiary/aromatic N) is 3. The third-order valence-electron chi connectivity index (χ3n) is 3.16. The summed E-state index contributed by atoms with van der Waals surface area (Å²) < 4.78 is 2.03. The molecule has 90 valence electrons. The van der Waals surface area contributed by atoms with Crippen molar-refractivity contribution >= 4 is 5.69 Å². The Morgan fingerprint density at radius 2 is 1.94 bits per heavy atom. The molecule has 17 heavy (non-hydrogen) atoms. The van der Waals surface area contributed by atoms with E-state index >= 15 is 0 Å². The molecule has 0 aliphatic heterocycles. The molecule has 2 aromatic rings. The molecule has 0 saturated heterocycles. The number of rotatable bonds is 3. The quantitative estimate of drug-likeness (QED) is 0.818. The minimum absolute atomic E-state index is 0.858. The predicted molar refractivity (Wildman–Crippen MR) is 68.7 cm³/mol. The highest BCUT2D eigenvalue weighted by molar-refractivity contribution is 5.48. The smallest absolute Gasteiger partial charge is 0.133 e. The van der Waals surface area contributed by atoms with Crippen molar-refractivity contribution in [2.45, 2.75) is 26.7 Å². The van der Waals surface area contributed by atoms with Crippen molar-refractivity contribution in [3.63, 3.8) is 0 Å². The van der Waals surface area contributed by atoms with E-state index < -0.39 is 0 Å². The maximum atomic E-state index is 5.89. The van der Waals surface area contributed by atoms with Crippen molar-refractivity contribution < 1.29 is 0 Å². The normalized spacial score (nSPS) is 10.8. The Labute approximate surface area is 101 Å². The first-order chi connectivity index (χ1) is 8.08. The molecule has 1 aromatic heterocycles. The van der Waals surface area contributed by atoms with Crippen molar-refractivity contribution in [2.24, 2.45) is 7.05 Å². The van der Waals surface area contributed by atoms with Gasteiger partial charge in [0.2, 0.25) is 0 Å². The number of aryl methyl sites for hydroxylation is 4. The molecule has 1 aromatic carbocycles. The van der Waals surface area contributed by atoms with Crippen LogP contribution in [0, 0.1) is 13.8 Å². The van der Waals surface area contributed by atoms with Gasteiger partial charge in [-0.1, -0.05) is 12.1 Å². The van der Waals surface area contributed by atoms with E-state index in [1.807, 2.05) is 31.5 Å². The Morgan fingerprint density at radius 3 is 2.53 bits per heavy atom. The standard InChI is InChI=1S/C13H18N4/c1-9-4-5-11(8-12(9)14)6-7-13-16-15-10(2)17(13)3/h4-5,8H,6-7,14H2,1-3H3. The molecule has 0 radical (unpaired) electrons. The highest BCUT2D eigenvalue weighted by Gasteiger charge is 2.05. The van der Waals surface area contributed by atoms with Gasteiger partial charge < -0.3 is 10.3 Å². The highest BCUT2D eigenvalue weighted by atomic mass is 15.3. The second-order valence-corrected chi connectivity index (χ2v) is 4.41. The van der Waals surface area contributed by atoms with Crippen molar-refractivity contribution in [3.8, 4) is 0 Å². The molecule has 0 atom stereocenters. The van der Waals surface area contributed by atoms with Crippen LogP contribution in [0.2, 0.25) is 0 Å². The summed E-state index contributed by atoms with van der Waals surface area (Å²) in [7, 11) is 1.99. The molecule has 0 unspecified atom stereocenters. The Bertz CT molecular complexity index is 528. The molecule has 1 heterocycles. The molecule has 4 heteroatoms. The molecule has 0 saturated carbocycles. The fraction of sp³-hybridized carbons (Fsp3) is 0.385. The van der Waals surface area contributed by atoms with E-state index in [1.54, 1.807) is 0 Å². The van der Waals surface area contributed by atoms with Gasteiger partial charge in [0.25, 0.3) is 0 Å². The largest absolute Gasteiger partial charge is 0.399 e. The van der Waals surface area contributed by atoms with Gasteiger partial charge in [-0.3, -0.25) is 0 Å². The van der Waals surface area contributed by atoms with Gasteiger partial charge in [0.15, 0.2) is 0 Å². The van der Waals surface area contributed by atoms with E-state index in [0.717, 1.165) is 35.7 Å². The minimum Gasteiger partial charge on any atom is -0.399 e. The lowest BCUT2D eigenvalue weighted by molar-refractivity contribution is 0.755. The van der Waals surface area contributed by atoms with Crippen LogP contribution >= 0.6 is 0 Å². The van der Waals surface area contributed by atoms with Gasteiger partial charge in [0.1, 0.15) is 11.6 Å². The van der Waals surface area contributed by atoms with Crippen LogP contribution in [0.3, 0.4) is 0 Å². The number of anilines is 1. The second-order valence-electron chi connectivity index (χ2n) is 4.41. The monoisotopic (exact) mass is 230 g/mol. The van der Waals surface area contributed by atoms with Gasteiger partial charge in [-0.05, 0) is 37.5 Å². The van der Waals surface area contributed by atoms with Crippen LogP contribution in [-0.4, -0.2) is 14.8 Å². The molecule has 0 aliphatic rings. The van der Waals surface area contributed by atoms with E-state index in [1.165, 1.54) is 5.56 Å². The zero-order chi connectivity index (χ0) is 12.4. The van der Waals surface area contributed by atoms with Crippen LogP contribution in [0.4, 0.5) is 5.69 Å². The minimum atomic E-state index is 0.858. The Kier molecular flexibility index (Phi) is 3.13. The first-order valence-corrected chi connectivity index (χ1v) is 5.78. The van der Waals surface area contributed by atoms with Crippen LogP contribution in [-0.2, 0) is 19.9 Å². The van der Waals surface area contributed by atoms with E-state index in [-0.39, 0.29) is 0 Å². The maximum absolute atomic E-state index is 5.89. The highest BCUT2D eigenvalue weighted by Crippen LogP contribution is 2.14. The summed E-state index contributed by atoms with van der Waals surface area (Å²) in [5, 5.41) is 8.20. The first-order valence-electron chi connectivity index (χ1n) is 5.78. The summed E-state index contributed by atoms with van der Waals surface area (Å²) in [6, 6.07) is 6.22. The summed E-state index contributed by atoms with van der Waals surface area (Å²) >= 11 is 0. The fourth-order valence-corrected chi connectivity index (χ4v) is 1.77. The summed E-state index contributed by atoms with van der Waals surface area (Å²) in [6.45, 7) is 3.98. The van der Waals surface area contributed by atoms with Crippen LogP contribution in [0.15, 0.2) is 18.2 Å². The van der Waals surface area contributed by atoms with E-state index in [9.17, 15) is 0 Å². The number of nitrogen functional groups attached to an aromatic ring is 1. The lowest BCUT2D eigenvalue weighted by Gasteiger charge is -2.05. The first kappa shape index (κ1) is 11.6. The average Bonchev–Trinajstić information content (AvgIpc) is 2.62. The summed E-state index contributed by atoms with van der Waals surface area (Å²) in [5.41, 5.74) is 9.12. The molecule has 0 amide bonds. The van der Waals surface area contributed by atoms with Crippen LogP contribution < -0.4 is 5.73 Å². The number of benzene rings is 1. The molecule has 0 spiro atoms. The predicted octanol–water partition coefficient (Wildman–Crippen LogP) is 1.80. The third kappa shape index (κ3) is 2.46. The molecule has 0 fully saturated rings. The second kappa shape index (κ2) is 4.57. The van der Waals surface area contributed by atoms with E-state index in [2.05, 4.69) is 22.3 Å². The van der Waals surface area contributed by atoms with Gasteiger partial charge in [-0.2, -0.15) is 0 Å². The molecular formula is C13H18N4. The molecule has 4 nitrogen and oxygen atoms in total. The van der Waals surface area contributed by atoms with Crippen LogP contribution in [0.5, 0.6) is 0 Å². The van der Waals surface area contributed by atoms with E-state index in [4.69, 9.17) is 5.73 Å². The zero-order valence-corrected chi connectivity index (χ0v) is 10.6. The lowest BCUT2D eigenvalue weighted by atomic mass is 10.1. The maximum Gasteiger partial charge on any atom is 0.133 e. The van der Waals surface area contributed by atoms with Crippen molar-refractivity contribution in [1.29, 1.82) is 0 Å². The SMILES string of the molecule is Cc1ccc(CCc2nnc(C)n2C)cc1N. The third-order valence-corrected chi connectivity index (χ3v) is 3.16. The van der Waals surface area contributed by atoms with Crippen molar-refractivity contribution in [1.82, 2.24) is 14.8 Å².